The number of halogens is 1. The Morgan fingerprint density at radius 2 is 1.44 bits per heavy atom. The largest absolute Gasteiger partial charge is 0.393 e. The lowest BCUT2D eigenvalue weighted by Crippen LogP contribution is -2.28. The molecular formula is C22H22FN3O. The number of nitrogens with zero attached hydrogens (tertiary/aromatic N) is 2. The fraction of sp³-hybridized carbons (Fsp3) is 0.273. The van der Waals surface area contributed by atoms with Crippen LogP contribution < -0.4 is 5.32 Å². The van der Waals surface area contributed by atoms with Gasteiger partial charge in [0, 0.05) is 35.1 Å². The van der Waals surface area contributed by atoms with Gasteiger partial charge in [-0.3, -0.25) is 0 Å². The maximum Gasteiger partial charge on any atom is 0.222 e. The zero-order chi connectivity index (χ0) is 18.6. The molecule has 4 nitrogen and oxygen atoms in total. The standard InChI is InChI=1S/C22H22FN3O/c23-21-19(15-5-2-1-3-6-15)7-4-8-20(21)16-13-24-22(25-14-16)26-17-9-11-18(27)12-10-17/h1-8,13-14,17-18,27H,9-12H2,(H,24,25,26)/t17-,18-. The van der Waals surface area contributed by atoms with Crippen LogP contribution in [0.25, 0.3) is 22.3 Å². The molecule has 1 aliphatic rings. The lowest BCUT2D eigenvalue weighted by Gasteiger charge is -2.26. The van der Waals surface area contributed by atoms with Gasteiger partial charge in [0.25, 0.3) is 0 Å². The van der Waals surface area contributed by atoms with E-state index < -0.39 is 0 Å². The van der Waals surface area contributed by atoms with Gasteiger partial charge in [-0.1, -0.05) is 48.5 Å². The predicted octanol–water partition coefficient (Wildman–Crippen LogP) is 4.67. The highest BCUT2D eigenvalue weighted by Crippen LogP contribution is 2.30. The summed E-state index contributed by atoms with van der Waals surface area (Å²) in [7, 11) is 0. The second-order valence-corrected chi connectivity index (χ2v) is 6.98. The number of aliphatic hydroxyl groups excluding tert-OH is 1. The van der Waals surface area contributed by atoms with E-state index in [-0.39, 0.29) is 18.0 Å². The normalized spacial score (nSPS) is 19.6. The number of hydrogen-bond donors (Lipinski definition) is 2. The van der Waals surface area contributed by atoms with Gasteiger partial charge in [-0.05, 0) is 31.2 Å². The molecule has 138 valence electrons. The average Bonchev–Trinajstić information content (AvgIpc) is 2.71. The van der Waals surface area contributed by atoms with E-state index in [4.69, 9.17) is 0 Å². The Morgan fingerprint density at radius 1 is 0.815 bits per heavy atom. The van der Waals surface area contributed by atoms with Crippen LogP contribution in [-0.2, 0) is 0 Å². The fourth-order valence-corrected chi connectivity index (χ4v) is 3.54. The maximum absolute atomic E-state index is 15.1. The van der Waals surface area contributed by atoms with Crippen LogP contribution in [0.2, 0.25) is 0 Å². The van der Waals surface area contributed by atoms with Crippen molar-refractivity contribution < 1.29 is 9.50 Å². The maximum atomic E-state index is 15.1. The second kappa shape index (κ2) is 7.84. The minimum absolute atomic E-state index is 0.189. The van der Waals surface area contributed by atoms with Gasteiger partial charge in [0.15, 0.2) is 0 Å². The van der Waals surface area contributed by atoms with Crippen LogP contribution in [0.4, 0.5) is 10.3 Å². The van der Waals surface area contributed by atoms with E-state index in [1.54, 1.807) is 24.5 Å². The summed E-state index contributed by atoms with van der Waals surface area (Å²) in [6, 6.07) is 15.2. The summed E-state index contributed by atoms with van der Waals surface area (Å²) in [5.74, 6) is 0.272. The molecular weight excluding hydrogens is 341 g/mol. The summed E-state index contributed by atoms with van der Waals surface area (Å²) in [5, 5.41) is 12.9. The van der Waals surface area contributed by atoms with E-state index in [9.17, 15) is 5.11 Å². The Balaban J connectivity index is 1.54. The van der Waals surface area contributed by atoms with Crippen molar-refractivity contribution in [2.24, 2.45) is 0 Å². The number of nitrogens with one attached hydrogen (secondary N) is 1. The zero-order valence-electron chi connectivity index (χ0n) is 15.0. The average molecular weight is 363 g/mol. The number of hydrogen-bond acceptors (Lipinski definition) is 4. The lowest BCUT2D eigenvalue weighted by atomic mass is 9.93. The molecule has 0 spiro atoms. The molecule has 0 atom stereocenters. The topological polar surface area (TPSA) is 58.0 Å². The number of aliphatic hydroxyl groups is 1. The van der Waals surface area contributed by atoms with Crippen LogP contribution in [0.3, 0.4) is 0 Å². The molecule has 4 rings (SSSR count). The summed E-state index contributed by atoms with van der Waals surface area (Å²) < 4.78 is 15.1. The molecule has 3 aromatic rings. The molecule has 27 heavy (non-hydrogen) atoms. The van der Waals surface area contributed by atoms with Gasteiger partial charge in [0.2, 0.25) is 5.95 Å². The predicted molar refractivity (Wildman–Crippen MR) is 105 cm³/mol. The third kappa shape index (κ3) is 3.98. The zero-order valence-corrected chi connectivity index (χ0v) is 15.0. The Labute approximate surface area is 158 Å². The van der Waals surface area contributed by atoms with Crippen LogP contribution >= 0.6 is 0 Å². The third-order valence-electron chi connectivity index (χ3n) is 5.08. The molecule has 0 bridgehead atoms. The van der Waals surface area contributed by atoms with Gasteiger partial charge in [0.1, 0.15) is 5.82 Å². The van der Waals surface area contributed by atoms with Crippen molar-refractivity contribution in [3.05, 3.63) is 66.7 Å². The van der Waals surface area contributed by atoms with E-state index >= 15 is 4.39 Å². The lowest BCUT2D eigenvalue weighted by molar-refractivity contribution is 0.126. The summed E-state index contributed by atoms with van der Waals surface area (Å²) >= 11 is 0. The summed E-state index contributed by atoms with van der Waals surface area (Å²) in [6.07, 6.45) is 6.52. The highest BCUT2D eigenvalue weighted by molar-refractivity contribution is 5.73. The Kier molecular flexibility index (Phi) is 5.12. The SMILES string of the molecule is O[C@H]1CC[C@H](Nc2ncc(-c3cccc(-c4ccccc4)c3F)cn2)CC1. The summed E-state index contributed by atoms with van der Waals surface area (Å²) in [5.41, 5.74) is 2.55. The van der Waals surface area contributed by atoms with Gasteiger partial charge < -0.3 is 10.4 Å². The van der Waals surface area contributed by atoms with E-state index in [0.717, 1.165) is 31.2 Å². The van der Waals surface area contributed by atoms with Crippen molar-refractivity contribution in [3.8, 4) is 22.3 Å². The molecule has 2 aromatic carbocycles. The van der Waals surface area contributed by atoms with E-state index in [1.807, 2.05) is 36.4 Å². The molecule has 1 heterocycles. The van der Waals surface area contributed by atoms with Crippen LogP contribution in [0, 0.1) is 5.82 Å². The van der Waals surface area contributed by atoms with E-state index in [1.165, 1.54) is 0 Å². The minimum atomic E-state index is -0.269. The van der Waals surface area contributed by atoms with Crippen molar-refractivity contribution in [2.75, 3.05) is 5.32 Å². The molecule has 1 aromatic heterocycles. The molecule has 1 saturated carbocycles. The summed E-state index contributed by atoms with van der Waals surface area (Å²) in [6.45, 7) is 0. The molecule has 0 unspecified atom stereocenters. The Morgan fingerprint density at radius 3 is 2.11 bits per heavy atom. The first-order valence-electron chi connectivity index (χ1n) is 9.31. The van der Waals surface area contributed by atoms with Crippen molar-refractivity contribution in [3.63, 3.8) is 0 Å². The van der Waals surface area contributed by atoms with Crippen LogP contribution in [0.5, 0.6) is 0 Å². The number of anilines is 1. The summed E-state index contributed by atoms with van der Waals surface area (Å²) in [4.78, 5) is 8.72. The number of rotatable bonds is 4. The van der Waals surface area contributed by atoms with Crippen molar-refractivity contribution in [2.45, 2.75) is 37.8 Å². The first kappa shape index (κ1) is 17.6. The fourth-order valence-electron chi connectivity index (χ4n) is 3.54. The first-order valence-corrected chi connectivity index (χ1v) is 9.31. The third-order valence-corrected chi connectivity index (χ3v) is 5.08. The number of benzene rings is 2. The second-order valence-electron chi connectivity index (χ2n) is 6.98. The highest BCUT2D eigenvalue weighted by Gasteiger charge is 2.20. The van der Waals surface area contributed by atoms with Gasteiger partial charge in [-0.2, -0.15) is 0 Å². The van der Waals surface area contributed by atoms with Gasteiger partial charge in [0.05, 0.1) is 6.10 Å². The van der Waals surface area contributed by atoms with Crippen molar-refractivity contribution in [1.82, 2.24) is 9.97 Å². The van der Waals surface area contributed by atoms with Crippen LogP contribution in [0.15, 0.2) is 60.9 Å². The highest BCUT2D eigenvalue weighted by atomic mass is 19.1. The van der Waals surface area contributed by atoms with Crippen LogP contribution in [-0.4, -0.2) is 27.2 Å². The van der Waals surface area contributed by atoms with E-state index in [0.29, 0.717) is 22.6 Å². The van der Waals surface area contributed by atoms with Gasteiger partial charge >= 0.3 is 0 Å². The minimum Gasteiger partial charge on any atom is -0.393 e. The molecule has 2 N–H and O–H groups in total. The Bertz CT molecular complexity index is 891. The number of aromatic nitrogens is 2. The Hall–Kier alpha value is -2.79. The van der Waals surface area contributed by atoms with E-state index in [2.05, 4.69) is 15.3 Å². The molecule has 1 fully saturated rings. The first-order chi connectivity index (χ1) is 13.2. The van der Waals surface area contributed by atoms with Gasteiger partial charge in [-0.15, -0.1) is 0 Å². The molecule has 1 aliphatic carbocycles. The van der Waals surface area contributed by atoms with Gasteiger partial charge in [-0.25, -0.2) is 14.4 Å². The smallest absolute Gasteiger partial charge is 0.222 e. The molecule has 0 radical (unpaired) electrons. The van der Waals surface area contributed by atoms with Crippen molar-refractivity contribution >= 4 is 5.95 Å². The van der Waals surface area contributed by atoms with Crippen LogP contribution in [0.1, 0.15) is 25.7 Å². The molecule has 0 amide bonds. The monoisotopic (exact) mass is 363 g/mol. The van der Waals surface area contributed by atoms with Crippen molar-refractivity contribution in [1.29, 1.82) is 0 Å². The molecule has 0 saturated heterocycles. The molecule has 5 heteroatoms. The molecule has 0 aliphatic heterocycles. The quantitative estimate of drug-likeness (QED) is 0.707.